The van der Waals surface area contributed by atoms with Crippen molar-refractivity contribution in [1.29, 1.82) is 0 Å². The monoisotopic (exact) mass is 481 g/mol. The zero-order valence-corrected chi connectivity index (χ0v) is 20.4. The number of anilines is 1. The Morgan fingerprint density at radius 3 is 2.83 bits per heavy atom. The number of carboxylic acid groups (broad SMARTS) is 1. The van der Waals surface area contributed by atoms with E-state index in [4.69, 9.17) is 14.5 Å². The second-order valence-corrected chi connectivity index (χ2v) is 8.97. The van der Waals surface area contributed by atoms with E-state index < -0.39 is 5.97 Å². The number of hydrogen-bond acceptors (Lipinski definition) is 9. The van der Waals surface area contributed by atoms with Crippen LogP contribution in [0.25, 0.3) is 11.4 Å². The fraction of sp³-hybridized carbons (Fsp3) is 0.500. The highest BCUT2D eigenvalue weighted by molar-refractivity contribution is 5.70. The second kappa shape index (κ2) is 10.7. The number of aryl methyl sites for hydroxylation is 2. The molecule has 1 aliphatic rings. The van der Waals surface area contributed by atoms with Crippen molar-refractivity contribution >= 4 is 11.8 Å². The Morgan fingerprint density at radius 2 is 2.09 bits per heavy atom. The van der Waals surface area contributed by atoms with Gasteiger partial charge in [-0.1, -0.05) is 5.21 Å². The van der Waals surface area contributed by atoms with E-state index in [1.165, 1.54) is 0 Å². The van der Waals surface area contributed by atoms with E-state index in [-0.39, 0.29) is 18.1 Å². The van der Waals surface area contributed by atoms with E-state index in [0.717, 1.165) is 24.2 Å². The van der Waals surface area contributed by atoms with E-state index in [1.807, 2.05) is 40.0 Å². The quantitative estimate of drug-likeness (QED) is 0.468. The summed E-state index contributed by atoms with van der Waals surface area (Å²) in [5, 5.41) is 21.1. The Labute approximate surface area is 203 Å². The highest BCUT2D eigenvalue weighted by Gasteiger charge is 2.28. The predicted molar refractivity (Wildman–Crippen MR) is 128 cm³/mol. The van der Waals surface area contributed by atoms with E-state index in [9.17, 15) is 9.90 Å². The van der Waals surface area contributed by atoms with Gasteiger partial charge in [0.05, 0.1) is 41.8 Å². The molecule has 0 aliphatic heterocycles. The molecule has 1 aliphatic carbocycles. The molecule has 0 spiro atoms. The van der Waals surface area contributed by atoms with Crippen LogP contribution in [0.3, 0.4) is 0 Å². The van der Waals surface area contributed by atoms with Crippen molar-refractivity contribution in [3.05, 3.63) is 35.8 Å². The summed E-state index contributed by atoms with van der Waals surface area (Å²) in [5.41, 5.74) is 2.90. The number of rotatable bonds is 9. The fourth-order valence-electron chi connectivity index (χ4n) is 4.12. The van der Waals surface area contributed by atoms with Gasteiger partial charge < -0.3 is 19.9 Å². The molecule has 186 valence electrons. The minimum absolute atomic E-state index is 0.0175. The van der Waals surface area contributed by atoms with Gasteiger partial charge >= 0.3 is 12.0 Å². The normalized spacial score (nSPS) is 17.9. The molecule has 11 nitrogen and oxygen atoms in total. The van der Waals surface area contributed by atoms with Crippen LogP contribution in [-0.2, 0) is 18.4 Å². The first-order valence-electron chi connectivity index (χ1n) is 11.8. The van der Waals surface area contributed by atoms with E-state index >= 15 is 0 Å². The summed E-state index contributed by atoms with van der Waals surface area (Å²) < 4.78 is 13.4. The average molecular weight is 482 g/mol. The Morgan fingerprint density at radius 1 is 1.26 bits per heavy atom. The van der Waals surface area contributed by atoms with Gasteiger partial charge in [-0.2, -0.15) is 4.98 Å². The van der Waals surface area contributed by atoms with Gasteiger partial charge in [0, 0.05) is 13.2 Å². The molecule has 0 amide bonds. The van der Waals surface area contributed by atoms with Crippen LogP contribution in [-0.4, -0.2) is 53.2 Å². The number of aromatic nitrogens is 6. The lowest BCUT2D eigenvalue weighted by molar-refractivity contribution is -0.143. The van der Waals surface area contributed by atoms with Gasteiger partial charge in [-0.25, -0.2) is 14.6 Å². The summed E-state index contributed by atoms with van der Waals surface area (Å²) in [5.74, 6) is 0.187. The van der Waals surface area contributed by atoms with Gasteiger partial charge in [0.15, 0.2) is 0 Å². The number of hydrogen-bond donors (Lipinski definition) is 2. The van der Waals surface area contributed by atoms with Crippen LogP contribution in [0.5, 0.6) is 11.8 Å². The molecular formula is C24H31N7O4. The van der Waals surface area contributed by atoms with Crippen LogP contribution in [0, 0.1) is 12.8 Å². The minimum Gasteiger partial charge on any atom is -0.489 e. The molecule has 3 aromatic heterocycles. The van der Waals surface area contributed by atoms with Crippen molar-refractivity contribution in [2.75, 3.05) is 5.32 Å². The van der Waals surface area contributed by atoms with Crippen molar-refractivity contribution in [2.45, 2.75) is 65.2 Å². The SMILES string of the molecule is Cc1nc(-c2nnn(C)c2CNc2ccnc(OC(C)C)n2)ccc1O[C@H]1CCC[C@H](C(=O)O)C1. The van der Waals surface area contributed by atoms with E-state index in [2.05, 4.69) is 25.6 Å². The Bertz CT molecular complexity index is 1180. The van der Waals surface area contributed by atoms with Crippen molar-refractivity contribution in [2.24, 2.45) is 13.0 Å². The van der Waals surface area contributed by atoms with Gasteiger partial charge in [-0.3, -0.25) is 4.79 Å². The number of aliphatic carboxylic acids is 1. The number of nitrogens with zero attached hydrogens (tertiary/aromatic N) is 6. The first kappa shape index (κ1) is 24.4. The lowest BCUT2D eigenvalue weighted by Crippen LogP contribution is -2.29. The summed E-state index contributed by atoms with van der Waals surface area (Å²) in [4.78, 5) is 24.6. The van der Waals surface area contributed by atoms with Gasteiger partial charge in [0.1, 0.15) is 17.3 Å². The third-order valence-corrected chi connectivity index (χ3v) is 5.90. The largest absolute Gasteiger partial charge is 0.489 e. The van der Waals surface area contributed by atoms with Crippen LogP contribution in [0.1, 0.15) is 50.9 Å². The van der Waals surface area contributed by atoms with Crippen molar-refractivity contribution in [3.63, 3.8) is 0 Å². The third kappa shape index (κ3) is 6.03. The van der Waals surface area contributed by atoms with Crippen molar-refractivity contribution < 1.29 is 19.4 Å². The summed E-state index contributed by atoms with van der Waals surface area (Å²) in [6.45, 7) is 6.14. The number of nitrogens with one attached hydrogen (secondary N) is 1. The van der Waals surface area contributed by atoms with Gasteiger partial charge in [-0.15, -0.1) is 5.10 Å². The lowest BCUT2D eigenvalue weighted by atomic mass is 9.87. The number of pyridine rings is 1. The van der Waals surface area contributed by atoms with Gasteiger partial charge in [-0.05, 0) is 64.7 Å². The molecule has 0 unspecified atom stereocenters. The molecular weight excluding hydrogens is 450 g/mol. The number of carboxylic acids is 1. The summed E-state index contributed by atoms with van der Waals surface area (Å²) >= 11 is 0. The molecule has 0 aromatic carbocycles. The molecule has 35 heavy (non-hydrogen) atoms. The first-order valence-corrected chi connectivity index (χ1v) is 11.8. The molecule has 0 bridgehead atoms. The minimum atomic E-state index is -0.752. The van der Waals surface area contributed by atoms with Crippen molar-refractivity contribution in [3.8, 4) is 23.1 Å². The van der Waals surface area contributed by atoms with Crippen LogP contribution < -0.4 is 14.8 Å². The highest BCUT2D eigenvalue weighted by atomic mass is 16.5. The predicted octanol–water partition coefficient (Wildman–Crippen LogP) is 3.40. The summed E-state index contributed by atoms with van der Waals surface area (Å²) in [6, 6.07) is 5.81. The molecule has 3 aromatic rings. The van der Waals surface area contributed by atoms with E-state index in [0.29, 0.717) is 48.4 Å². The second-order valence-electron chi connectivity index (χ2n) is 8.97. The van der Waals surface area contributed by atoms with Crippen molar-refractivity contribution in [1.82, 2.24) is 29.9 Å². The molecule has 2 N–H and O–H groups in total. The van der Waals surface area contributed by atoms with E-state index in [1.54, 1.807) is 16.9 Å². The molecule has 4 rings (SSSR count). The van der Waals surface area contributed by atoms with Crippen LogP contribution in [0.2, 0.25) is 0 Å². The fourth-order valence-corrected chi connectivity index (χ4v) is 4.12. The maximum atomic E-state index is 11.4. The third-order valence-electron chi connectivity index (χ3n) is 5.90. The van der Waals surface area contributed by atoms with Crippen LogP contribution in [0.4, 0.5) is 5.82 Å². The lowest BCUT2D eigenvalue weighted by Gasteiger charge is -2.27. The summed E-state index contributed by atoms with van der Waals surface area (Å²) in [7, 11) is 1.83. The molecule has 1 fully saturated rings. The van der Waals surface area contributed by atoms with Gasteiger partial charge in [0.2, 0.25) is 0 Å². The highest BCUT2D eigenvalue weighted by Crippen LogP contribution is 2.30. The molecule has 3 heterocycles. The zero-order valence-electron chi connectivity index (χ0n) is 20.4. The number of ether oxygens (including phenoxy) is 2. The molecule has 0 radical (unpaired) electrons. The first-order chi connectivity index (χ1) is 16.8. The van der Waals surface area contributed by atoms with Crippen LogP contribution in [0.15, 0.2) is 24.4 Å². The maximum Gasteiger partial charge on any atom is 0.318 e. The Kier molecular flexibility index (Phi) is 7.42. The smallest absolute Gasteiger partial charge is 0.318 e. The average Bonchev–Trinajstić information content (AvgIpc) is 3.19. The Balaban J connectivity index is 1.46. The maximum absolute atomic E-state index is 11.4. The molecule has 1 saturated carbocycles. The topological polar surface area (TPSA) is 137 Å². The standard InChI is InChI=1S/C24H31N7O4/c1-14(2)34-24-25-11-10-21(28-24)26-13-19-22(29-30-31(19)4)18-8-9-20(15(3)27-18)35-17-7-5-6-16(12-17)23(32)33/h8-11,14,16-17H,5-7,12-13H2,1-4H3,(H,32,33)(H,25,26,28)/t16-,17-/m0/s1. The summed E-state index contributed by atoms with van der Waals surface area (Å²) in [6.07, 6.45) is 4.42. The zero-order chi connectivity index (χ0) is 24.9. The van der Waals surface area contributed by atoms with Crippen LogP contribution >= 0.6 is 0 Å². The molecule has 11 heteroatoms. The molecule has 0 saturated heterocycles. The Hall–Kier alpha value is -3.76. The van der Waals surface area contributed by atoms with Gasteiger partial charge in [0.25, 0.3) is 0 Å². The molecule has 2 atom stereocenters. The number of carbonyl (C=O) groups is 1.